The largest absolute Gasteiger partial charge is 0.342 e. The molecule has 0 unspecified atom stereocenters. The van der Waals surface area contributed by atoms with Crippen LogP contribution < -0.4 is 5.32 Å². The molecule has 0 spiro atoms. The number of carbonyl (C=O) groups is 3. The molecule has 3 aromatic carbocycles. The third-order valence-electron chi connectivity index (χ3n) is 5.97. The molecule has 1 aliphatic rings. The Balaban J connectivity index is 1.46. The standard InChI is InChI=1S/C28H23N3O3/c32-26-24(27(33)31(28(34)29-26)16-15-20-9-3-1-4-10-20)17-22-19-30(18-21-11-5-2-6-12-21)25-14-8-7-13-23(22)25/h1-14,17,19H,15-16,18H2,(H,29,32,34). The van der Waals surface area contributed by atoms with E-state index in [0.717, 1.165) is 32.5 Å². The number of rotatable bonds is 6. The maximum atomic E-state index is 13.2. The number of fused-ring (bicyclic) bond motifs is 1. The van der Waals surface area contributed by atoms with E-state index in [9.17, 15) is 14.4 Å². The minimum Gasteiger partial charge on any atom is -0.342 e. The number of urea groups is 1. The number of amides is 4. The SMILES string of the molecule is O=C1NC(=O)N(CCc2ccccc2)C(=O)C1=Cc1cn(Cc2ccccc2)c2ccccc12. The Morgan fingerprint density at radius 3 is 2.15 bits per heavy atom. The van der Waals surface area contributed by atoms with Crippen molar-refractivity contribution in [2.24, 2.45) is 0 Å². The molecule has 1 fully saturated rings. The summed E-state index contributed by atoms with van der Waals surface area (Å²) >= 11 is 0. The number of imide groups is 2. The van der Waals surface area contributed by atoms with Crippen molar-refractivity contribution in [3.05, 3.63) is 113 Å². The van der Waals surface area contributed by atoms with E-state index < -0.39 is 17.8 Å². The van der Waals surface area contributed by atoms with E-state index in [1.807, 2.05) is 79.0 Å². The first-order valence-electron chi connectivity index (χ1n) is 11.1. The Morgan fingerprint density at radius 2 is 1.41 bits per heavy atom. The van der Waals surface area contributed by atoms with E-state index in [1.54, 1.807) is 6.08 Å². The molecule has 4 aromatic rings. The number of para-hydroxylation sites is 1. The molecule has 1 N–H and O–H groups in total. The van der Waals surface area contributed by atoms with Crippen molar-refractivity contribution >= 4 is 34.8 Å². The highest BCUT2D eigenvalue weighted by Gasteiger charge is 2.35. The molecule has 0 saturated carbocycles. The highest BCUT2D eigenvalue weighted by molar-refractivity contribution is 6.31. The minimum absolute atomic E-state index is 0.0460. The second-order valence-electron chi connectivity index (χ2n) is 8.22. The first kappa shape index (κ1) is 21.4. The summed E-state index contributed by atoms with van der Waals surface area (Å²) in [5, 5.41) is 3.24. The average Bonchev–Trinajstić information content (AvgIpc) is 3.20. The summed E-state index contributed by atoms with van der Waals surface area (Å²) in [4.78, 5) is 39.3. The van der Waals surface area contributed by atoms with Crippen LogP contribution >= 0.6 is 0 Å². The van der Waals surface area contributed by atoms with Crippen LogP contribution in [0, 0.1) is 0 Å². The minimum atomic E-state index is -0.686. The zero-order valence-corrected chi connectivity index (χ0v) is 18.5. The van der Waals surface area contributed by atoms with Gasteiger partial charge in [-0.3, -0.25) is 19.8 Å². The molecular formula is C28H23N3O3. The van der Waals surface area contributed by atoms with Gasteiger partial charge in [0.2, 0.25) is 0 Å². The molecule has 6 nitrogen and oxygen atoms in total. The lowest BCUT2D eigenvalue weighted by atomic mass is 10.1. The van der Waals surface area contributed by atoms with Crippen LogP contribution in [-0.2, 0) is 22.6 Å². The van der Waals surface area contributed by atoms with Crippen LogP contribution in [0.25, 0.3) is 17.0 Å². The van der Waals surface area contributed by atoms with Gasteiger partial charge in [-0.05, 0) is 29.7 Å². The number of nitrogens with one attached hydrogen (secondary N) is 1. The fourth-order valence-electron chi connectivity index (χ4n) is 4.24. The van der Waals surface area contributed by atoms with Crippen molar-refractivity contribution in [2.75, 3.05) is 6.54 Å². The molecule has 0 atom stereocenters. The van der Waals surface area contributed by atoms with Crippen molar-refractivity contribution in [2.45, 2.75) is 13.0 Å². The normalized spacial score (nSPS) is 15.2. The molecule has 2 heterocycles. The summed E-state index contributed by atoms with van der Waals surface area (Å²) < 4.78 is 2.10. The zero-order chi connectivity index (χ0) is 23.5. The summed E-state index contributed by atoms with van der Waals surface area (Å²) in [6.45, 7) is 0.849. The van der Waals surface area contributed by atoms with E-state index in [0.29, 0.717) is 13.0 Å². The zero-order valence-electron chi connectivity index (χ0n) is 18.5. The van der Waals surface area contributed by atoms with E-state index in [4.69, 9.17) is 0 Å². The molecular weight excluding hydrogens is 426 g/mol. The van der Waals surface area contributed by atoms with Crippen molar-refractivity contribution < 1.29 is 14.4 Å². The van der Waals surface area contributed by atoms with Gasteiger partial charge in [-0.15, -0.1) is 0 Å². The summed E-state index contributed by atoms with van der Waals surface area (Å²) in [6, 6.07) is 26.9. The number of hydrogen-bond donors (Lipinski definition) is 1. The van der Waals surface area contributed by atoms with Crippen LogP contribution in [0.3, 0.4) is 0 Å². The summed E-state index contributed by atoms with van der Waals surface area (Å²) in [6.07, 6.45) is 4.04. The molecule has 4 amide bonds. The second-order valence-corrected chi connectivity index (χ2v) is 8.22. The van der Waals surface area contributed by atoms with Crippen molar-refractivity contribution in [3.8, 4) is 0 Å². The van der Waals surface area contributed by atoms with Gasteiger partial charge in [-0.25, -0.2) is 4.79 Å². The van der Waals surface area contributed by atoms with E-state index in [-0.39, 0.29) is 12.1 Å². The third-order valence-corrected chi connectivity index (χ3v) is 5.97. The predicted octanol–water partition coefficient (Wildman–Crippen LogP) is 4.39. The number of hydrogen-bond acceptors (Lipinski definition) is 3. The van der Waals surface area contributed by atoms with Gasteiger partial charge in [0.15, 0.2) is 0 Å². The van der Waals surface area contributed by atoms with Gasteiger partial charge >= 0.3 is 6.03 Å². The number of benzene rings is 3. The van der Waals surface area contributed by atoms with E-state index in [2.05, 4.69) is 22.0 Å². The Kier molecular flexibility index (Phi) is 5.79. The molecule has 34 heavy (non-hydrogen) atoms. The molecule has 0 radical (unpaired) electrons. The van der Waals surface area contributed by atoms with Gasteiger partial charge in [-0.1, -0.05) is 78.9 Å². The van der Waals surface area contributed by atoms with Crippen molar-refractivity contribution in [1.82, 2.24) is 14.8 Å². The lowest BCUT2D eigenvalue weighted by Crippen LogP contribution is -2.54. The Labute approximate surface area is 197 Å². The van der Waals surface area contributed by atoms with Gasteiger partial charge in [0, 0.05) is 35.8 Å². The number of barbiturate groups is 1. The smallest absolute Gasteiger partial charge is 0.331 e. The van der Waals surface area contributed by atoms with E-state index >= 15 is 0 Å². The molecule has 1 aromatic heterocycles. The van der Waals surface area contributed by atoms with Crippen LogP contribution in [0.15, 0.2) is 96.7 Å². The van der Waals surface area contributed by atoms with Crippen LogP contribution in [0.2, 0.25) is 0 Å². The average molecular weight is 450 g/mol. The molecule has 0 bridgehead atoms. The molecule has 6 heteroatoms. The fraction of sp³-hybridized carbons (Fsp3) is 0.107. The maximum Gasteiger partial charge on any atom is 0.331 e. The van der Waals surface area contributed by atoms with Gasteiger partial charge in [0.05, 0.1) is 0 Å². The maximum absolute atomic E-state index is 13.2. The van der Waals surface area contributed by atoms with Crippen LogP contribution in [-0.4, -0.2) is 33.9 Å². The van der Waals surface area contributed by atoms with Crippen LogP contribution in [0.1, 0.15) is 16.7 Å². The van der Waals surface area contributed by atoms with Crippen LogP contribution in [0.4, 0.5) is 4.79 Å². The van der Waals surface area contributed by atoms with Crippen molar-refractivity contribution in [3.63, 3.8) is 0 Å². The van der Waals surface area contributed by atoms with Gasteiger partial charge in [-0.2, -0.15) is 0 Å². The molecule has 1 aliphatic heterocycles. The molecule has 0 aliphatic carbocycles. The number of aromatic nitrogens is 1. The second kappa shape index (κ2) is 9.19. The highest BCUT2D eigenvalue weighted by Crippen LogP contribution is 2.26. The van der Waals surface area contributed by atoms with Gasteiger partial charge in [0.1, 0.15) is 5.57 Å². The number of carbonyl (C=O) groups excluding carboxylic acids is 3. The Hall–Kier alpha value is -4.45. The first-order valence-corrected chi connectivity index (χ1v) is 11.1. The first-order chi connectivity index (χ1) is 16.6. The van der Waals surface area contributed by atoms with Crippen molar-refractivity contribution in [1.29, 1.82) is 0 Å². The van der Waals surface area contributed by atoms with Gasteiger partial charge < -0.3 is 4.57 Å². The van der Waals surface area contributed by atoms with Crippen LogP contribution in [0.5, 0.6) is 0 Å². The van der Waals surface area contributed by atoms with Gasteiger partial charge in [0.25, 0.3) is 11.8 Å². The lowest BCUT2D eigenvalue weighted by Gasteiger charge is -2.26. The quantitative estimate of drug-likeness (QED) is 0.351. The molecule has 1 saturated heterocycles. The van der Waals surface area contributed by atoms with E-state index in [1.165, 1.54) is 0 Å². The topological polar surface area (TPSA) is 71.4 Å². The molecule has 168 valence electrons. The summed E-state index contributed by atoms with van der Waals surface area (Å²) in [5.41, 5.74) is 3.86. The number of nitrogens with zero attached hydrogens (tertiary/aromatic N) is 2. The highest BCUT2D eigenvalue weighted by atomic mass is 16.2. The summed E-state index contributed by atoms with van der Waals surface area (Å²) in [7, 11) is 0. The lowest BCUT2D eigenvalue weighted by molar-refractivity contribution is -0.130. The third kappa shape index (κ3) is 4.26. The molecule has 5 rings (SSSR count). The fourth-order valence-corrected chi connectivity index (χ4v) is 4.24. The Morgan fingerprint density at radius 1 is 0.765 bits per heavy atom. The Bertz CT molecular complexity index is 1400. The predicted molar refractivity (Wildman–Crippen MR) is 131 cm³/mol. The summed E-state index contributed by atoms with van der Waals surface area (Å²) in [5.74, 6) is -1.25. The monoisotopic (exact) mass is 449 g/mol.